The van der Waals surface area contributed by atoms with E-state index in [1.54, 1.807) is 0 Å². The van der Waals surface area contributed by atoms with E-state index < -0.39 is 0 Å². The molecule has 1 aliphatic rings. The minimum absolute atomic E-state index is 0.119. The molecule has 0 bridgehead atoms. The first-order valence-electron chi connectivity index (χ1n) is 5.25. The van der Waals surface area contributed by atoms with Gasteiger partial charge in [0, 0.05) is 18.1 Å². The number of hydrogen-bond donors (Lipinski definition) is 2. The van der Waals surface area contributed by atoms with E-state index in [9.17, 15) is 0 Å². The topological polar surface area (TPSA) is 38.0 Å². The second-order valence-corrected chi connectivity index (χ2v) is 4.46. The van der Waals surface area contributed by atoms with Crippen LogP contribution in [0.1, 0.15) is 31.4 Å². The van der Waals surface area contributed by atoms with Crippen LogP contribution in [0.4, 0.5) is 0 Å². The number of nitrogens with two attached hydrogens (primary N) is 1. The molecule has 2 rings (SSSR count). The van der Waals surface area contributed by atoms with Crippen molar-refractivity contribution in [2.45, 2.75) is 31.3 Å². The van der Waals surface area contributed by atoms with Crippen LogP contribution >= 0.6 is 0 Å². The highest BCUT2D eigenvalue weighted by Gasteiger charge is 2.36. The van der Waals surface area contributed by atoms with Crippen LogP contribution in [0.15, 0.2) is 30.3 Å². The average molecular weight is 190 g/mol. The predicted octanol–water partition coefficient (Wildman–Crippen LogP) is 1.83. The molecular formula is C12H18N2. The fourth-order valence-electron chi connectivity index (χ4n) is 1.54. The molecule has 2 heteroatoms. The minimum atomic E-state index is 0.119. The third kappa shape index (κ3) is 2.34. The molecule has 0 saturated heterocycles. The van der Waals surface area contributed by atoms with Gasteiger partial charge in [-0.2, -0.15) is 0 Å². The number of hydrogen-bond acceptors (Lipinski definition) is 2. The highest BCUT2D eigenvalue weighted by molar-refractivity contribution is 5.19. The van der Waals surface area contributed by atoms with Crippen molar-refractivity contribution >= 4 is 0 Å². The Bertz CT molecular complexity index is 290. The quantitative estimate of drug-likeness (QED) is 0.760. The first-order valence-corrected chi connectivity index (χ1v) is 5.25. The van der Waals surface area contributed by atoms with Crippen molar-refractivity contribution in [1.82, 2.24) is 5.32 Å². The van der Waals surface area contributed by atoms with Crippen LogP contribution in [-0.4, -0.2) is 12.1 Å². The van der Waals surface area contributed by atoms with Crippen molar-refractivity contribution in [2.24, 2.45) is 5.73 Å². The molecule has 0 radical (unpaired) electrons. The zero-order valence-electron chi connectivity index (χ0n) is 8.66. The van der Waals surface area contributed by atoms with E-state index >= 15 is 0 Å². The van der Waals surface area contributed by atoms with Gasteiger partial charge in [0.15, 0.2) is 0 Å². The summed E-state index contributed by atoms with van der Waals surface area (Å²) in [5.74, 6) is 0. The molecule has 0 amide bonds. The zero-order chi connectivity index (χ0) is 10.0. The molecule has 1 aromatic carbocycles. The Morgan fingerprint density at radius 1 is 1.36 bits per heavy atom. The Morgan fingerprint density at radius 2 is 2.00 bits per heavy atom. The fraction of sp³-hybridized carbons (Fsp3) is 0.500. The summed E-state index contributed by atoms with van der Waals surface area (Å²) in [6.45, 7) is 3.13. The molecule has 0 aliphatic heterocycles. The molecule has 1 fully saturated rings. The largest absolute Gasteiger partial charge is 0.323 e. The van der Waals surface area contributed by atoms with Gasteiger partial charge in [0.1, 0.15) is 0 Å². The van der Waals surface area contributed by atoms with Crippen molar-refractivity contribution in [3.63, 3.8) is 0 Å². The van der Waals surface area contributed by atoms with Gasteiger partial charge in [0.2, 0.25) is 0 Å². The number of benzene rings is 1. The van der Waals surface area contributed by atoms with Crippen LogP contribution in [0.3, 0.4) is 0 Å². The molecule has 0 heterocycles. The first-order chi connectivity index (χ1) is 6.70. The molecule has 1 unspecified atom stereocenters. The SMILES string of the molecule is CC1(NCC(N)c2ccccc2)CC1. The summed E-state index contributed by atoms with van der Waals surface area (Å²) < 4.78 is 0. The van der Waals surface area contributed by atoms with E-state index in [0.717, 1.165) is 6.54 Å². The summed E-state index contributed by atoms with van der Waals surface area (Å²) in [6.07, 6.45) is 2.57. The van der Waals surface area contributed by atoms with Gasteiger partial charge >= 0.3 is 0 Å². The van der Waals surface area contributed by atoms with Gasteiger partial charge < -0.3 is 11.1 Å². The maximum absolute atomic E-state index is 6.07. The summed E-state index contributed by atoms with van der Waals surface area (Å²) in [5.41, 5.74) is 7.66. The normalized spacial score (nSPS) is 20.4. The second kappa shape index (κ2) is 3.71. The maximum Gasteiger partial charge on any atom is 0.0421 e. The zero-order valence-corrected chi connectivity index (χ0v) is 8.66. The van der Waals surface area contributed by atoms with Crippen LogP contribution < -0.4 is 11.1 Å². The maximum atomic E-state index is 6.07. The Kier molecular flexibility index (Phi) is 2.57. The number of nitrogens with one attached hydrogen (secondary N) is 1. The van der Waals surface area contributed by atoms with E-state index in [0.29, 0.717) is 5.54 Å². The lowest BCUT2D eigenvalue weighted by atomic mass is 10.1. The summed E-state index contributed by atoms with van der Waals surface area (Å²) in [4.78, 5) is 0. The average Bonchev–Trinajstić information content (AvgIpc) is 2.95. The van der Waals surface area contributed by atoms with Crippen LogP contribution in [0.2, 0.25) is 0 Å². The Balaban J connectivity index is 1.86. The Labute approximate surface area is 85.5 Å². The molecule has 1 atom stereocenters. The summed E-state index contributed by atoms with van der Waals surface area (Å²) >= 11 is 0. The smallest absolute Gasteiger partial charge is 0.0421 e. The Hall–Kier alpha value is -0.860. The van der Waals surface area contributed by atoms with E-state index in [4.69, 9.17) is 5.73 Å². The molecule has 3 N–H and O–H groups in total. The van der Waals surface area contributed by atoms with Crippen LogP contribution in [0.25, 0.3) is 0 Å². The van der Waals surface area contributed by atoms with Crippen molar-refractivity contribution in [1.29, 1.82) is 0 Å². The van der Waals surface area contributed by atoms with Gasteiger partial charge in [-0.15, -0.1) is 0 Å². The van der Waals surface area contributed by atoms with E-state index in [1.165, 1.54) is 18.4 Å². The standard InChI is InChI=1S/C12H18N2/c1-12(7-8-12)14-9-11(13)10-5-3-2-4-6-10/h2-6,11,14H,7-9,13H2,1H3. The van der Waals surface area contributed by atoms with Gasteiger partial charge in [-0.05, 0) is 25.3 Å². The van der Waals surface area contributed by atoms with Gasteiger partial charge in [0.25, 0.3) is 0 Å². The fourth-order valence-corrected chi connectivity index (χ4v) is 1.54. The first kappa shape index (κ1) is 9.69. The highest BCUT2D eigenvalue weighted by atomic mass is 15.0. The predicted molar refractivity (Wildman–Crippen MR) is 59.0 cm³/mol. The van der Waals surface area contributed by atoms with Gasteiger partial charge in [0.05, 0.1) is 0 Å². The lowest BCUT2D eigenvalue weighted by molar-refractivity contribution is 0.500. The molecule has 76 valence electrons. The van der Waals surface area contributed by atoms with Crippen molar-refractivity contribution in [2.75, 3.05) is 6.54 Å². The van der Waals surface area contributed by atoms with Crippen molar-refractivity contribution in [3.8, 4) is 0 Å². The second-order valence-electron chi connectivity index (χ2n) is 4.46. The molecule has 1 aliphatic carbocycles. The van der Waals surface area contributed by atoms with E-state index in [2.05, 4.69) is 24.4 Å². The van der Waals surface area contributed by atoms with Crippen molar-refractivity contribution < 1.29 is 0 Å². The minimum Gasteiger partial charge on any atom is -0.323 e. The van der Waals surface area contributed by atoms with Gasteiger partial charge in [-0.1, -0.05) is 30.3 Å². The molecule has 0 aromatic heterocycles. The summed E-state index contributed by atoms with van der Waals surface area (Å²) in [5, 5.41) is 3.51. The highest BCUT2D eigenvalue weighted by Crippen LogP contribution is 2.34. The Morgan fingerprint density at radius 3 is 2.57 bits per heavy atom. The third-order valence-corrected chi connectivity index (χ3v) is 2.98. The number of rotatable bonds is 4. The van der Waals surface area contributed by atoms with Crippen molar-refractivity contribution in [3.05, 3.63) is 35.9 Å². The molecule has 2 nitrogen and oxygen atoms in total. The van der Waals surface area contributed by atoms with E-state index in [1.807, 2.05) is 18.2 Å². The summed E-state index contributed by atoms with van der Waals surface area (Å²) in [6, 6.07) is 10.4. The van der Waals surface area contributed by atoms with E-state index in [-0.39, 0.29) is 6.04 Å². The molecule has 0 spiro atoms. The third-order valence-electron chi connectivity index (χ3n) is 2.98. The molecular weight excluding hydrogens is 172 g/mol. The van der Waals surface area contributed by atoms with Crippen LogP contribution in [-0.2, 0) is 0 Å². The molecule has 1 saturated carbocycles. The van der Waals surface area contributed by atoms with Gasteiger partial charge in [-0.25, -0.2) is 0 Å². The molecule has 14 heavy (non-hydrogen) atoms. The van der Waals surface area contributed by atoms with Crippen LogP contribution in [0, 0.1) is 0 Å². The monoisotopic (exact) mass is 190 g/mol. The van der Waals surface area contributed by atoms with Gasteiger partial charge in [-0.3, -0.25) is 0 Å². The lowest BCUT2D eigenvalue weighted by Crippen LogP contribution is -2.34. The molecule has 1 aromatic rings. The summed E-state index contributed by atoms with van der Waals surface area (Å²) in [7, 11) is 0. The lowest BCUT2D eigenvalue weighted by Gasteiger charge is -2.16. The van der Waals surface area contributed by atoms with Crippen LogP contribution in [0.5, 0.6) is 0 Å².